The lowest BCUT2D eigenvalue weighted by atomic mass is 9.82. The highest BCUT2D eigenvalue weighted by molar-refractivity contribution is 5.13. The number of benzene rings is 1. The van der Waals surface area contributed by atoms with Crippen molar-refractivity contribution in [2.75, 3.05) is 19.7 Å². The number of ether oxygens (including phenoxy) is 1. The van der Waals surface area contributed by atoms with Crippen molar-refractivity contribution in [2.45, 2.75) is 32.0 Å². The second-order valence-corrected chi connectivity index (χ2v) is 5.04. The molecular weight excluding hydrogens is 226 g/mol. The van der Waals surface area contributed by atoms with E-state index in [1.54, 1.807) is 0 Å². The summed E-state index contributed by atoms with van der Waals surface area (Å²) >= 11 is 0. The average molecular weight is 249 g/mol. The Kier molecular flexibility index (Phi) is 5.65. The van der Waals surface area contributed by atoms with Crippen LogP contribution in [0.1, 0.15) is 24.8 Å². The van der Waals surface area contributed by atoms with Crippen molar-refractivity contribution in [1.82, 2.24) is 5.32 Å². The van der Waals surface area contributed by atoms with Gasteiger partial charge in [-0.1, -0.05) is 30.3 Å². The Balaban J connectivity index is 1.51. The number of nitrogens with one attached hydrogen (secondary N) is 1. The summed E-state index contributed by atoms with van der Waals surface area (Å²) in [5.41, 5.74) is 1.25. The van der Waals surface area contributed by atoms with E-state index < -0.39 is 0 Å². The van der Waals surface area contributed by atoms with Crippen molar-refractivity contribution < 1.29 is 9.84 Å². The molecule has 1 fully saturated rings. The molecule has 0 spiro atoms. The fourth-order valence-corrected chi connectivity index (χ4v) is 2.28. The minimum atomic E-state index is 0.278. The molecule has 0 aliphatic heterocycles. The molecule has 3 heteroatoms. The monoisotopic (exact) mass is 249 g/mol. The van der Waals surface area contributed by atoms with Gasteiger partial charge in [-0.3, -0.25) is 0 Å². The van der Waals surface area contributed by atoms with Gasteiger partial charge in [0.05, 0.1) is 12.7 Å². The fourth-order valence-electron chi connectivity index (χ4n) is 2.28. The predicted octanol–water partition coefficient (Wildman–Crippen LogP) is 1.95. The van der Waals surface area contributed by atoms with E-state index in [1.807, 2.05) is 18.2 Å². The smallest absolute Gasteiger partial charge is 0.0720 e. The van der Waals surface area contributed by atoms with Crippen molar-refractivity contribution in [3.05, 3.63) is 35.9 Å². The van der Waals surface area contributed by atoms with Crippen LogP contribution in [0.2, 0.25) is 0 Å². The first-order valence-electron chi connectivity index (χ1n) is 6.85. The van der Waals surface area contributed by atoms with Gasteiger partial charge in [-0.15, -0.1) is 0 Å². The minimum absolute atomic E-state index is 0.278. The Morgan fingerprint density at radius 2 is 2.00 bits per heavy atom. The highest BCUT2D eigenvalue weighted by Crippen LogP contribution is 2.30. The first-order valence-corrected chi connectivity index (χ1v) is 6.85. The molecule has 0 atom stereocenters. The SMILES string of the molecule is OCCCNCC1CC(OCc2ccccc2)C1. The molecule has 0 amide bonds. The maximum Gasteiger partial charge on any atom is 0.0720 e. The Labute approximate surface area is 109 Å². The molecule has 0 aromatic heterocycles. The second kappa shape index (κ2) is 7.52. The van der Waals surface area contributed by atoms with Crippen LogP contribution in [0.25, 0.3) is 0 Å². The zero-order chi connectivity index (χ0) is 12.6. The van der Waals surface area contributed by atoms with E-state index in [4.69, 9.17) is 9.84 Å². The quantitative estimate of drug-likeness (QED) is 0.692. The molecule has 2 N–H and O–H groups in total. The molecule has 1 aromatic rings. The number of aliphatic hydroxyl groups excluding tert-OH is 1. The Morgan fingerprint density at radius 3 is 2.72 bits per heavy atom. The molecule has 1 aromatic carbocycles. The lowest BCUT2D eigenvalue weighted by molar-refractivity contribution is -0.0395. The Bertz CT molecular complexity index is 323. The standard InChI is InChI=1S/C15H23NO2/c17-8-4-7-16-11-14-9-15(10-14)18-12-13-5-2-1-3-6-13/h1-3,5-6,14-17H,4,7-12H2. The first-order chi connectivity index (χ1) is 8.88. The minimum Gasteiger partial charge on any atom is -0.396 e. The summed E-state index contributed by atoms with van der Waals surface area (Å²) in [5.74, 6) is 0.754. The largest absolute Gasteiger partial charge is 0.396 e. The van der Waals surface area contributed by atoms with Crippen molar-refractivity contribution in [1.29, 1.82) is 0 Å². The first kappa shape index (κ1) is 13.5. The summed E-state index contributed by atoms with van der Waals surface area (Å²) in [6.45, 7) is 2.99. The molecule has 0 radical (unpaired) electrons. The third kappa shape index (κ3) is 4.41. The molecule has 3 nitrogen and oxygen atoms in total. The van der Waals surface area contributed by atoms with Crippen LogP contribution >= 0.6 is 0 Å². The molecule has 18 heavy (non-hydrogen) atoms. The summed E-state index contributed by atoms with van der Waals surface area (Å²) in [7, 11) is 0. The molecule has 2 rings (SSSR count). The predicted molar refractivity (Wildman–Crippen MR) is 72.3 cm³/mol. The van der Waals surface area contributed by atoms with E-state index in [-0.39, 0.29) is 6.61 Å². The van der Waals surface area contributed by atoms with Crippen LogP contribution in [0.4, 0.5) is 0 Å². The third-order valence-electron chi connectivity index (χ3n) is 3.47. The normalized spacial score (nSPS) is 22.7. The van der Waals surface area contributed by atoms with Gasteiger partial charge in [0.25, 0.3) is 0 Å². The van der Waals surface area contributed by atoms with Crippen LogP contribution < -0.4 is 5.32 Å². The van der Waals surface area contributed by atoms with Crippen molar-refractivity contribution >= 4 is 0 Å². The number of aliphatic hydroxyl groups is 1. The van der Waals surface area contributed by atoms with Crippen LogP contribution in [0, 0.1) is 5.92 Å². The second-order valence-electron chi connectivity index (χ2n) is 5.04. The molecule has 0 unspecified atom stereocenters. The van der Waals surface area contributed by atoms with Crippen LogP contribution in [-0.4, -0.2) is 30.9 Å². The van der Waals surface area contributed by atoms with Crippen LogP contribution in [0.5, 0.6) is 0 Å². The lowest BCUT2D eigenvalue weighted by Crippen LogP contribution is -2.38. The fraction of sp³-hybridized carbons (Fsp3) is 0.600. The molecule has 1 saturated carbocycles. The Hall–Kier alpha value is -0.900. The average Bonchev–Trinajstić information content (AvgIpc) is 2.37. The third-order valence-corrected chi connectivity index (χ3v) is 3.47. The van der Waals surface area contributed by atoms with Gasteiger partial charge in [-0.05, 0) is 43.8 Å². The molecule has 1 aliphatic carbocycles. The molecule has 100 valence electrons. The molecule has 0 heterocycles. The van der Waals surface area contributed by atoms with Crippen LogP contribution in [0.15, 0.2) is 30.3 Å². The number of rotatable bonds is 8. The zero-order valence-electron chi connectivity index (χ0n) is 10.8. The van der Waals surface area contributed by atoms with E-state index in [0.29, 0.717) is 6.10 Å². The van der Waals surface area contributed by atoms with Gasteiger partial charge in [0.15, 0.2) is 0 Å². The van der Waals surface area contributed by atoms with E-state index in [1.165, 1.54) is 18.4 Å². The maximum absolute atomic E-state index is 8.66. The topological polar surface area (TPSA) is 41.5 Å². The van der Waals surface area contributed by atoms with Crippen molar-refractivity contribution in [3.8, 4) is 0 Å². The van der Waals surface area contributed by atoms with Gasteiger partial charge in [0.2, 0.25) is 0 Å². The van der Waals surface area contributed by atoms with Gasteiger partial charge in [-0.25, -0.2) is 0 Å². The van der Waals surface area contributed by atoms with Gasteiger partial charge in [0, 0.05) is 6.61 Å². The highest BCUT2D eigenvalue weighted by Gasteiger charge is 2.29. The van der Waals surface area contributed by atoms with E-state index >= 15 is 0 Å². The molecule has 0 saturated heterocycles. The number of hydrogen-bond acceptors (Lipinski definition) is 3. The molecule has 1 aliphatic rings. The highest BCUT2D eigenvalue weighted by atomic mass is 16.5. The van der Waals surface area contributed by atoms with Crippen molar-refractivity contribution in [3.63, 3.8) is 0 Å². The lowest BCUT2D eigenvalue weighted by Gasteiger charge is -2.35. The van der Waals surface area contributed by atoms with Gasteiger partial charge in [0.1, 0.15) is 0 Å². The zero-order valence-corrected chi connectivity index (χ0v) is 10.8. The number of hydrogen-bond donors (Lipinski definition) is 2. The summed E-state index contributed by atoms with van der Waals surface area (Å²) in [4.78, 5) is 0. The van der Waals surface area contributed by atoms with Crippen molar-refractivity contribution in [2.24, 2.45) is 5.92 Å². The summed E-state index contributed by atoms with van der Waals surface area (Å²) in [5, 5.41) is 12.0. The van der Waals surface area contributed by atoms with Crippen LogP contribution in [-0.2, 0) is 11.3 Å². The Morgan fingerprint density at radius 1 is 1.22 bits per heavy atom. The summed E-state index contributed by atoms with van der Waals surface area (Å²) < 4.78 is 5.85. The van der Waals surface area contributed by atoms with E-state index in [0.717, 1.165) is 32.0 Å². The molecular formula is C15H23NO2. The summed E-state index contributed by atoms with van der Waals surface area (Å²) in [6, 6.07) is 10.3. The summed E-state index contributed by atoms with van der Waals surface area (Å²) in [6.07, 6.45) is 3.62. The maximum atomic E-state index is 8.66. The van der Waals surface area contributed by atoms with Gasteiger partial charge < -0.3 is 15.2 Å². The van der Waals surface area contributed by atoms with E-state index in [2.05, 4.69) is 17.4 Å². The van der Waals surface area contributed by atoms with E-state index in [9.17, 15) is 0 Å². The van der Waals surface area contributed by atoms with Gasteiger partial charge >= 0.3 is 0 Å². The van der Waals surface area contributed by atoms with Crippen LogP contribution in [0.3, 0.4) is 0 Å². The molecule has 0 bridgehead atoms. The van der Waals surface area contributed by atoms with Gasteiger partial charge in [-0.2, -0.15) is 0 Å².